The number of hydrogen-bond donors (Lipinski definition) is 2. The standard InChI is InChI=1S/C30H45N5O6/c1-28(2,3)41-27(39)34-15-22(30(16-34)17-35(18-30)26(38)21-14-29(21,4)5)25(37)33-32-24(36)13-20-7-6-8-23(31-20)19-9-11-40-12-10-19/h6-7,19,21-23H,8-18H2,1-5H3,(H,32,36)(H,33,37)/t21-,22?,23?/m1/s1. The third-order valence-corrected chi connectivity index (χ3v) is 9.25. The fourth-order valence-corrected chi connectivity index (χ4v) is 6.68. The van der Waals surface area contributed by atoms with E-state index in [0.29, 0.717) is 31.3 Å². The van der Waals surface area contributed by atoms with Crippen molar-refractivity contribution >= 4 is 29.5 Å². The molecule has 0 aromatic rings. The summed E-state index contributed by atoms with van der Waals surface area (Å²) in [5, 5.41) is 0. The van der Waals surface area contributed by atoms with Crippen LogP contribution in [0.15, 0.2) is 17.1 Å². The molecule has 4 fully saturated rings. The van der Waals surface area contributed by atoms with Gasteiger partial charge < -0.3 is 19.3 Å². The fourth-order valence-electron chi connectivity index (χ4n) is 6.68. The fraction of sp³-hybridized carbons (Fsp3) is 0.767. The van der Waals surface area contributed by atoms with E-state index in [-0.39, 0.29) is 48.1 Å². The van der Waals surface area contributed by atoms with Crippen molar-refractivity contribution in [3.05, 3.63) is 12.2 Å². The van der Waals surface area contributed by atoms with E-state index in [9.17, 15) is 19.2 Å². The zero-order valence-corrected chi connectivity index (χ0v) is 25.0. The van der Waals surface area contributed by atoms with E-state index in [0.717, 1.165) is 38.9 Å². The molecule has 3 atom stereocenters. The van der Waals surface area contributed by atoms with Gasteiger partial charge in [0.15, 0.2) is 0 Å². The van der Waals surface area contributed by atoms with Crippen molar-refractivity contribution in [2.24, 2.45) is 33.6 Å². The highest BCUT2D eigenvalue weighted by molar-refractivity contribution is 6.07. The molecule has 11 heteroatoms. The molecule has 0 bridgehead atoms. The number of amides is 4. The summed E-state index contributed by atoms with van der Waals surface area (Å²) < 4.78 is 11.0. The van der Waals surface area contributed by atoms with Crippen molar-refractivity contribution in [2.75, 3.05) is 39.4 Å². The SMILES string of the molecule is CC(C)(C)OC(=O)N1CC(C(=O)NNC(=O)CC2=NC(C3CCOCC3)CC=C2)C2(C1)CN(C(=O)[C@H]1CC1(C)C)C2. The van der Waals surface area contributed by atoms with Crippen molar-refractivity contribution < 1.29 is 28.7 Å². The van der Waals surface area contributed by atoms with Gasteiger partial charge in [0.25, 0.3) is 0 Å². The van der Waals surface area contributed by atoms with Crippen molar-refractivity contribution in [3.8, 4) is 0 Å². The predicted octanol–water partition coefficient (Wildman–Crippen LogP) is 2.46. The highest BCUT2D eigenvalue weighted by atomic mass is 16.6. The summed E-state index contributed by atoms with van der Waals surface area (Å²) in [4.78, 5) is 60.3. The van der Waals surface area contributed by atoms with Gasteiger partial charge in [-0.15, -0.1) is 0 Å². The number of hydrazine groups is 1. The van der Waals surface area contributed by atoms with E-state index in [4.69, 9.17) is 14.5 Å². The first-order valence-electron chi connectivity index (χ1n) is 14.9. The second-order valence-corrected chi connectivity index (χ2v) is 14.2. The highest BCUT2D eigenvalue weighted by Crippen LogP contribution is 2.54. The molecule has 1 saturated carbocycles. The average Bonchev–Trinajstić information content (AvgIpc) is 3.34. The number of carbonyl (C=O) groups excluding carboxylic acids is 4. The van der Waals surface area contributed by atoms with Crippen LogP contribution in [0.2, 0.25) is 0 Å². The number of hydrogen-bond acceptors (Lipinski definition) is 7. The molecular formula is C30H45N5O6. The largest absolute Gasteiger partial charge is 0.444 e. The lowest BCUT2D eigenvalue weighted by Gasteiger charge is -2.50. The summed E-state index contributed by atoms with van der Waals surface area (Å²) in [7, 11) is 0. The Labute approximate surface area is 242 Å². The Morgan fingerprint density at radius 3 is 2.34 bits per heavy atom. The Kier molecular flexibility index (Phi) is 7.95. The van der Waals surface area contributed by atoms with Gasteiger partial charge in [-0.3, -0.25) is 30.2 Å². The van der Waals surface area contributed by atoms with E-state index >= 15 is 0 Å². The van der Waals surface area contributed by atoms with Crippen LogP contribution in [-0.2, 0) is 23.9 Å². The number of allylic oxidation sites excluding steroid dienone is 1. The number of ether oxygens (including phenoxy) is 2. The smallest absolute Gasteiger partial charge is 0.410 e. The lowest BCUT2D eigenvalue weighted by Crippen LogP contribution is -2.65. The Bertz CT molecular complexity index is 1130. The van der Waals surface area contributed by atoms with Crippen LogP contribution in [0.3, 0.4) is 0 Å². The van der Waals surface area contributed by atoms with Crippen molar-refractivity contribution in [2.45, 2.75) is 78.4 Å². The topological polar surface area (TPSA) is 130 Å². The Balaban J connectivity index is 1.18. The van der Waals surface area contributed by atoms with Crippen LogP contribution in [-0.4, -0.2) is 90.4 Å². The lowest BCUT2D eigenvalue weighted by atomic mass is 9.71. The first-order chi connectivity index (χ1) is 19.3. The maximum atomic E-state index is 13.4. The molecule has 226 valence electrons. The van der Waals surface area contributed by atoms with Crippen LogP contribution in [0.5, 0.6) is 0 Å². The molecule has 4 amide bonds. The average molecular weight is 572 g/mol. The summed E-state index contributed by atoms with van der Waals surface area (Å²) in [6.07, 6.45) is 7.21. The van der Waals surface area contributed by atoms with E-state index in [2.05, 4.69) is 30.8 Å². The number of carbonyl (C=O) groups is 4. The van der Waals surface area contributed by atoms with Crippen molar-refractivity contribution in [3.63, 3.8) is 0 Å². The lowest BCUT2D eigenvalue weighted by molar-refractivity contribution is -0.152. The van der Waals surface area contributed by atoms with Crippen LogP contribution in [0.4, 0.5) is 4.79 Å². The number of dihydropyridines is 1. The zero-order valence-electron chi connectivity index (χ0n) is 25.0. The van der Waals surface area contributed by atoms with Gasteiger partial charge in [-0.2, -0.15) is 0 Å². The van der Waals surface area contributed by atoms with Gasteiger partial charge in [-0.1, -0.05) is 19.9 Å². The van der Waals surface area contributed by atoms with Crippen LogP contribution >= 0.6 is 0 Å². The van der Waals surface area contributed by atoms with Crippen molar-refractivity contribution in [1.82, 2.24) is 20.7 Å². The predicted molar refractivity (Wildman–Crippen MR) is 152 cm³/mol. The van der Waals surface area contributed by atoms with Crippen molar-refractivity contribution in [1.29, 1.82) is 0 Å². The van der Waals surface area contributed by atoms with E-state index in [1.54, 1.807) is 30.6 Å². The molecule has 0 aromatic carbocycles. The van der Waals surface area contributed by atoms with Gasteiger partial charge in [0, 0.05) is 56.4 Å². The Morgan fingerprint density at radius 1 is 1.05 bits per heavy atom. The van der Waals surface area contributed by atoms with E-state index in [1.807, 2.05) is 6.08 Å². The molecule has 3 saturated heterocycles. The van der Waals surface area contributed by atoms with Crippen LogP contribution in [0, 0.1) is 28.6 Å². The molecule has 41 heavy (non-hydrogen) atoms. The molecule has 1 aliphatic carbocycles. The maximum Gasteiger partial charge on any atom is 0.410 e. The number of likely N-dealkylation sites (tertiary alicyclic amines) is 2. The molecule has 5 rings (SSSR count). The summed E-state index contributed by atoms with van der Waals surface area (Å²) in [5.74, 6) is -0.729. The third kappa shape index (κ3) is 6.60. The Morgan fingerprint density at radius 2 is 1.71 bits per heavy atom. The minimum atomic E-state index is -0.669. The third-order valence-electron chi connectivity index (χ3n) is 9.25. The first-order valence-corrected chi connectivity index (χ1v) is 14.9. The minimum absolute atomic E-state index is 0.0116. The minimum Gasteiger partial charge on any atom is -0.444 e. The number of nitrogens with one attached hydrogen (secondary N) is 2. The first kappa shape index (κ1) is 29.5. The molecule has 0 radical (unpaired) electrons. The number of aliphatic imine (C=N–C) groups is 1. The molecule has 5 aliphatic rings. The molecule has 2 unspecified atom stereocenters. The molecular weight excluding hydrogens is 526 g/mol. The second-order valence-electron chi connectivity index (χ2n) is 14.2. The highest BCUT2D eigenvalue weighted by Gasteiger charge is 2.62. The zero-order chi connectivity index (χ0) is 29.6. The van der Waals surface area contributed by atoms with E-state index in [1.165, 1.54) is 0 Å². The summed E-state index contributed by atoms with van der Waals surface area (Å²) >= 11 is 0. The summed E-state index contributed by atoms with van der Waals surface area (Å²) in [5.41, 5.74) is 4.62. The molecule has 11 nitrogen and oxygen atoms in total. The molecule has 1 spiro atoms. The van der Waals surface area contributed by atoms with Crippen LogP contribution in [0.1, 0.15) is 66.7 Å². The van der Waals surface area contributed by atoms with E-state index < -0.39 is 23.0 Å². The summed E-state index contributed by atoms with van der Waals surface area (Å²) in [6, 6.07) is 0.156. The monoisotopic (exact) mass is 571 g/mol. The number of nitrogens with zero attached hydrogens (tertiary/aromatic N) is 3. The normalized spacial score (nSPS) is 28.5. The second kappa shape index (κ2) is 11.0. The van der Waals surface area contributed by atoms with Crippen LogP contribution in [0.25, 0.3) is 0 Å². The van der Waals surface area contributed by atoms with Gasteiger partial charge >= 0.3 is 6.09 Å². The maximum absolute atomic E-state index is 13.4. The van der Waals surface area contributed by atoms with Gasteiger partial charge in [-0.05, 0) is 63.9 Å². The van der Waals surface area contributed by atoms with Gasteiger partial charge in [0.05, 0.1) is 18.4 Å². The van der Waals surface area contributed by atoms with Gasteiger partial charge in [-0.25, -0.2) is 4.79 Å². The number of rotatable bonds is 5. The Hall–Kier alpha value is -2.95. The molecule has 2 N–H and O–H groups in total. The molecule has 4 aliphatic heterocycles. The molecule has 4 heterocycles. The molecule has 0 aromatic heterocycles. The summed E-state index contributed by atoms with van der Waals surface area (Å²) in [6.45, 7) is 12.4. The van der Waals surface area contributed by atoms with Gasteiger partial charge in [0.2, 0.25) is 17.7 Å². The van der Waals surface area contributed by atoms with Crippen LogP contribution < -0.4 is 10.9 Å². The van der Waals surface area contributed by atoms with Gasteiger partial charge in [0.1, 0.15) is 5.60 Å². The quantitative estimate of drug-likeness (QED) is 0.488.